The SMILES string of the molecule is CC(COC(=O)CN)Oc1ccccc1Cl.CCC. The summed E-state index contributed by atoms with van der Waals surface area (Å²) in [6.07, 6.45) is 0.982. The van der Waals surface area contributed by atoms with Gasteiger partial charge in [0.15, 0.2) is 0 Å². The van der Waals surface area contributed by atoms with Crippen LogP contribution in [0.2, 0.25) is 5.02 Å². The molecule has 1 unspecified atom stereocenters. The van der Waals surface area contributed by atoms with Crippen molar-refractivity contribution in [3.8, 4) is 5.75 Å². The van der Waals surface area contributed by atoms with Gasteiger partial charge in [0.05, 0.1) is 11.6 Å². The Morgan fingerprint density at radius 1 is 1.37 bits per heavy atom. The van der Waals surface area contributed by atoms with Crippen molar-refractivity contribution < 1.29 is 14.3 Å². The van der Waals surface area contributed by atoms with E-state index in [9.17, 15) is 4.79 Å². The average Bonchev–Trinajstić information content (AvgIpc) is 2.39. The van der Waals surface area contributed by atoms with E-state index in [-0.39, 0.29) is 19.3 Å². The highest BCUT2D eigenvalue weighted by Crippen LogP contribution is 2.24. The van der Waals surface area contributed by atoms with Crippen LogP contribution >= 0.6 is 11.6 Å². The molecule has 2 N–H and O–H groups in total. The van der Waals surface area contributed by atoms with Gasteiger partial charge >= 0.3 is 5.97 Å². The first-order valence-corrected chi connectivity index (χ1v) is 6.69. The third kappa shape index (κ3) is 8.46. The van der Waals surface area contributed by atoms with Crippen LogP contribution in [0.1, 0.15) is 27.2 Å². The normalized spacial score (nSPS) is 11.0. The first-order chi connectivity index (χ1) is 9.04. The van der Waals surface area contributed by atoms with Crippen LogP contribution in [-0.2, 0) is 9.53 Å². The maximum absolute atomic E-state index is 10.8. The van der Waals surface area contributed by atoms with Crippen LogP contribution in [0, 0.1) is 0 Å². The quantitative estimate of drug-likeness (QED) is 0.846. The van der Waals surface area contributed by atoms with Crippen LogP contribution in [-0.4, -0.2) is 25.2 Å². The molecular weight excluding hydrogens is 266 g/mol. The van der Waals surface area contributed by atoms with Gasteiger partial charge in [-0.15, -0.1) is 0 Å². The number of carbonyl (C=O) groups is 1. The van der Waals surface area contributed by atoms with Crippen molar-refractivity contribution in [1.82, 2.24) is 0 Å². The van der Waals surface area contributed by atoms with Crippen molar-refractivity contribution in [3.63, 3.8) is 0 Å². The number of esters is 1. The van der Waals surface area contributed by atoms with Gasteiger partial charge < -0.3 is 15.2 Å². The summed E-state index contributed by atoms with van der Waals surface area (Å²) in [5.74, 6) is 0.120. The van der Waals surface area contributed by atoms with Crippen molar-refractivity contribution >= 4 is 17.6 Å². The Morgan fingerprint density at radius 2 is 1.95 bits per heavy atom. The Morgan fingerprint density at radius 3 is 2.47 bits per heavy atom. The highest BCUT2D eigenvalue weighted by atomic mass is 35.5. The second-order valence-electron chi connectivity index (χ2n) is 3.95. The summed E-state index contributed by atoms with van der Waals surface area (Å²) in [4.78, 5) is 10.8. The van der Waals surface area contributed by atoms with Crippen LogP contribution in [0.5, 0.6) is 5.75 Å². The second-order valence-corrected chi connectivity index (χ2v) is 4.36. The largest absolute Gasteiger partial charge is 0.486 e. The lowest BCUT2D eigenvalue weighted by molar-refractivity contribution is -0.144. The zero-order chi connectivity index (χ0) is 14.7. The molecule has 108 valence electrons. The molecule has 0 radical (unpaired) electrons. The zero-order valence-corrected chi connectivity index (χ0v) is 12.4. The van der Waals surface area contributed by atoms with E-state index in [0.29, 0.717) is 10.8 Å². The number of hydrogen-bond acceptors (Lipinski definition) is 4. The van der Waals surface area contributed by atoms with Crippen molar-refractivity contribution in [2.75, 3.05) is 13.2 Å². The Labute approximate surface area is 119 Å². The molecule has 1 aromatic rings. The van der Waals surface area contributed by atoms with E-state index < -0.39 is 5.97 Å². The molecular formula is C14H22ClNO3. The molecule has 1 aromatic carbocycles. The van der Waals surface area contributed by atoms with Gasteiger partial charge in [-0.25, -0.2) is 0 Å². The molecule has 1 rings (SSSR count). The number of ether oxygens (including phenoxy) is 2. The minimum Gasteiger partial charge on any atom is -0.486 e. The monoisotopic (exact) mass is 287 g/mol. The number of benzene rings is 1. The molecule has 1 atom stereocenters. The topological polar surface area (TPSA) is 61.5 Å². The van der Waals surface area contributed by atoms with Crippen LogP contribution in [0.4, 0.5) is 0 Å². The maximum atomic E-state index is 10.8. The van der Waals surface area contributed by atoms with Crippen LogP contribution in [0.25, 0.3) is 0 Å². The number of halogens is 1. The Bertz CT molecular complexity index is 371. The molecule has 4 nitrogen and oxygen atoms in total. The summed E-state index contributed by atoms with van der Waals surface area (Å²) in [6.45, 7) is 6.06. The van der Waals surface area contributed by atoms with Gasteiger partial charge in [-0.1, -0.05) is 44.0 Å². The second kappa shape index (κ2) is 10.6. The maximum Gasteiger partial charge on any atom is 0.319 e. The molecule has 0 aliphatic heterocycles. The molecule has 0 spiro atoms. The van der Waals surface area contributed by atoms with Gasteiger partial charge in [0.2, 0.25) is 0 Å². The van der Waals surface area contributed by atoms with E-state index in [0.717, 1.165) is 0 Å². The van der Waals surface area contributed by atoms with Gasteiger partial charge in [0.25, 0.3) is 0 Å². The third-order valence-corrected chi connectivity index (χ3v) is 2.12. The van der Waals surface area contributed by atoms with E-state index in [1.165, 1.54) is 6.42 Å². The average molecular weight is 288 g/mol. The molecule has 0 aliphatic rings. The van der Waals surface area contributed by atoms with Crippen LogP contribution in [0.15, 0.2) is 24.3 Å². The fourth-order valence-electron chi connectivity index (χ4n) is 1.06. The molecule has 0 saturated heterocycles. The minimum atomic E-state index is -0.449. The Kier molecular flexibility index (Phi) is 9.94. The molecule has 0 saturated carbocycles. The first kappa shape index (κ1) is 17.7. The summed E-state index contributed by atoms with van der Waals surface area (Å²) in [5.41, 5.74) is 5.10. The molecule has 0 aliphatic carbocycles. The summed E-state index contributed by atoms with van der Waals surface area (Å²) >= 11 is 5.91. The van der Waals surface area contributed by atoms with Crippen molar-refractivity contribution in [2.24, 2.45) is 5.73 Å². The van der Waals surface area contributed by atoms with E-state index in [2.05, 4.69) is 13.8 Å². The standard InChI is InChI=1S/C11H14ClNO3.C3H8/c1-8(7-15-11(14)6-13)16-10-5-3-2-4-9(10)12;1-3-2/h2-5,8H,6-7,13H2,1H3;3H2,1-2H3. The number of hydrogen-bond donors (Lipinski definition) is 1. The number of carbonyl (C=O) groups excluding carboxylic acids is 1. The summed E-state index contributed by atoms with van der Waals surface area (Å²) in [5, 5.41) is 0.527. The molecule has 0 heterocycles. The van der Waals surface area contributed by atoms with Crippen LogP contribution in [0.3, 0.4) is 0 Å². The fraction of sp³-hybridized carbons (Fsp3) is 0.500. The Hall–Kier alpha value is -1.26. The van der Waals surface area contributed by atoms with Gasteiger partial charge in [-0.3, -0.25) is 4.79 Å². The smallest absolute Gasteiger partial charge is 0.319 e. The highest BCUT2D eigenvalue weighted by molar-refractivity contribution is 6.32. The minimum absolute atomic E-state index is 0.126. The lowest BCUT2D eigenvalue weighted by Gasteiger charge is -2.15. The highest BCUT2D eigenvalue weighted by Gasteiger charge is 2.09. The summed E-state index contributed by atoms with van der Waals surface area (Å²) in [7, 11) is 0. The molecule has 19 heavy (non-hydrogen) atoms. The van der Waals surface area contributed by atoms with Gasteiger partial charge in [-0.2, -0.15) is 0 Å². The van der Waals surface area contributed by atoms with Crippen molar-refractivity contribution in [1.29, 1.82) is 0 Å². The van der Waals surface area contributed by atoms with Gasteiger partial charge in [0, 0.05) is 0 Å². The molecule has 0 bridgehead atoms. The van der Waals surface area contributed by atoms with E-state index >= 15 is 0 Å². The van der Waals surface area contributed by atoms with Gasteiger partial charge in [0.1, 0.15) is 18.5 Å². The van der Waals surface area contributed by atoms with Gasteiger partial charge in [-0.05, 0) is 19.1 Å². The number of para-hydroxylation sites is 1. The fourth-order valence-corrected chi connectivity index (χ4v) is 1.24. The first-order valence-electron chi connectivity index (χ1n) is 6.31. The number of rotatable bonds is 5. The number of nitrogens with two attached hydrogens (primary N) is 1. The molecule has 0 fully saturated rings. The van der Waals surface area contributed by atoms with Crippen LogP contribution < -0.4 is 10.5 Å². The van der Waals surface area contributed by atoms with Crippen molar-refractivity contribution in [2.45, 2.75) is 33.3 Å². The zero-order valence-electron chi connectivity index (χ0n) is 11.7. The summed E-state index contributed by atoms with van der Waals surface area (Å²) < 4.78 is 10.3. The van der Waals surface area contributed by atoms with E-state index in [1.807, 2.05) is 12.1 Å². The Balaban J connectivity index is 0.000000982. The predicted octanol–water partition coefficient (Wildman–Crippen LogP) is 3.03. The lowest BCUT2D eigenvalue weighted by Crippen LogP contribution is -2.25. The summed E-state index contributed by atoms with van der Waals surface area (Å²) in [6, 6.07) is 7.12. The van der Waals surface area contributed by atoms with E-state index in [1.54, 1.807) is 19.1 Å². The molecule has 0 aromatic heterocycles. The predicted molar refractivity (Wildman–Crippen MR) is 77.5 cm³/mol. The molecule has 0 amide bonds. The van der Waals surface area contributed by atoms with Crippen molar-refractivity contribution in [3.05, 3.63) is 29.3 Å². The third-order valence-electron chi connectivity index (χ3n) is 1.81. The lowest BCUT2D eigenvalue weighted by atomic mass is 10.3. The van der Waals surface area contributed by atoms with E-state index in [4.69, 9.17) is 26.8 Å². The molecule has 5 heteroatoms.